The molecule has 2 aromatic rings. The van der Waals surface area contributed by atoms with Crippen LogP contribution in [0.1, 0.15) is 23.5 Å². The summed E-state index contributed by atoms with van der Waals surface area (Å²) in [4.78, 5) is 13.0. The predicted molar refractivity (Wildman–Crippen MR) is 86.8 cm³/mol. The van der Waals surface area contributed by atoms with E-state index in [1.165, 1.54) is 4.70 Å². The van der Waals surface area contributed by atoms with Crippen LogP contribution < -0.4 is 5.32 Å². The van der Waals surface area contributed by atoms with E-state index in [1.54, 1.807) is 11.3 Å². The van der Waals surface area contributed by atoms with Gasteiger partial charge in [0.15, 0.2) is 0 Å². The lowest BCUT2D eigenvalue weighted by Gasteiger charge is -2.19. The van der Waals surface area contributed by atoms with Gasteiger partial charge in [0.25, 0.3) is 5.91 Å². The highest BCUT2D eigenvalue weighted by Gasteiger charge is 2.17. The Morgan fingerprint density at radius 2 is 2.11 bits per heavy atom. The van der Waals surface area contributed by atoms with E-state index in [1.807, 2.05) is 24.3 Å². The molecule has 0 saturated heterocycles. The van der Waals surface area contributed by atoms with Crippen molar-refractivity contribution < 1.29 is 4.79 Å². The second kappa shape index (κ2) is 6.02. The molecule has 96 valence electrons. The van der Waals surface area contributed by atoms with Gasteiger partial charge >= 0.3 is 0 Å². The van der Waals surface area contributed by atoms with Gasteiger partial charge in [0.05, 0.1) is 4.88 Å². The molecule has 1 amide bonds. The number of amides is 1. The van der Waals surface area contributed by atoms with E-state index in [2.05, 4.69) is 47.8 Å². The van der Waals surface area contributed by atoms with Crippen LogP contribution in [0.5, 0.6) is 0 Å². The van der Waals surface area contributed by atoms with Crippen LogP contribution in [0, 0.1) is 5.92 Å². The van der Waals surface area contributed by atoms with Gasteiger partial charge in [0, 0.05) is 15.2 Å². The second-order valence-corrected chi connectivity index (χ2v) is 6.59. The molecule has 1 aromatic carbocycles. The van der Waals surface area contributed by atoms with Crippen LogP contribution in [0.25, 0.3) is 10.1 Å². The molecule has 1 atom stereocenters. The van der Waals surface area contributed by atoms with Crippen LogP contribution in [0.3, 0.4) is 0 Å². The number of thiophene rings is 1. The van der Waals surface area contributed by atoms with Crippen molar-refractivity contribution >= 4 is 49.9 Å². The number of halogens is 1. The van der Waals surface area contributed by atoms with Crippen LogP contribution in [0.4, 0.5) is 0 Å². The van der Waals surface area contributed by atoms with Crippen molar-refractivity contribution in [3.05, 3.63) is 35.2 Å². The lowest BCUT2D eigenvalue weighted by Crippen LogP contribution is -2.39. The fraction of sp³-hybridized carbons (Fsp3) is 0.357. The summed E-state index contributed by atoms with van der Waals surface area (Å²) in [5.41, 5.74) is 0. The number of carbonyl (C=O) groups excluding carboxylic acids is 1. The molecule has 0 aliphatic rings. The smallest absolute Gasteiger partial charge is 0.261 e. The molecule has 0 saturated carbocycles. The maximum Gasteiger partial charge on any atom is 0.261 e. The molecule has 0 spiro atoms. The van der Waals surface area contributed by atoms with Crippen molar-refractivity contribution in [1.29, 1.82) is 0 Å². The van der Waals surface area contributed by atoms with Gasteiger partial charge in [-0.1, -0.05) is 54.6 Å². The third-order valence-electron chi connectivity index (χ3n) is 2.94. The summed E-state index contributed by atoms with van der Waals surface area (Å²) in [5.74, 6) is 0.506. The number of hydrogen-bond donors (Lipinski definition) is 1. The van der Waals surface area contributed by atoms with E-state index < -0.39 is 0 Å². The van der Waals surface area contributed by atoms with Gasteiger partial charge in [-0.15, -0.1) is 11.3 Å². The van der Waals surface area contributed by atoms with Crippen molar-refractivity contribution in [3.8, 4) is 0 Å². The number of rotatable bonds is 4. The first kappa shape index (κ1) is 13.8. The minimum absolute atomic E-state index is 0.0477. The first-order valence-corrected chi connectivity index (χ1v) is 8.31. The predicted octanol–water partition coefficient (Wildman–Crippen LogP) is 4.09. The Morgan fingerprint density at radius 1 is 1.39 bits per heavy atom. The largest absolute Gasteiger partial charge is 0.348 e. The van der Waals surface area contributed by atoms with E-state index in [4.69, 9.17) is 0 Å². The third kappa shape index (κ3) is 3.03. The number of hydrogen-bond acceptors (Lipinski definition) is 2. The lowest BCUT2D eigenvalue weighted by molar-refractivity contribution is 0.0936. The van der Waals surface area contributed by atoms with E-state index >= 15 is 0 Å². The highest BCUT2D eigenvalue weighted by molar-refractivity contribution is 14.1. The molecule has 1 aromatic heterocycles. The molecule has 1 unspecified atom stereocenters. The molecule has 1 N–H and O–H groups in total. The van der Waals surface area contributed by atoms with Crippen LogP contribution >= 0.6 is 33.9 Å². The SMILES string of the molecule is CC(C)C(CI)NC(=O)c1cc2ccccc2s1. The minimum Gasteiger partial charge on any atom is -0.348 e. The Hall–Kier alpha value is -0.620. The standard InChI is InChI=1S/C14H16INOS/c1-9(2)11(8-15)16-14(17)13-7-10-5-3-4-6-12(10)18-13/h3-7,9,11H,8H2,1-2H3,(H,16,17). The topological polar surface area (TPSA) is 29.1 Å². The lowest BCUT2D eigenvalue weighted by atomic mass is 10.1. The van der Waals surface area contributed by atoms with Gasteiger partial charge in [0.1, 0.15) is 0 Å². The van der Waals surface area contributed by atoms with Crippen molar-refractivity contribution in [2.24, 2.45) is 5.92 Å². The summed E-state index contributed by atoms with van der Waals surface area (Å²) in [6, 6.07) is 10.3. The number of carbonyl (C=O) groups is 1. The van der Waals surface area contributed by atoms with Gasteiger partial charge in [-0.2, -0.15) is 0 Å². The monoisotopic (exact) mass is 373 g/mol. The molecule has 4 heteroatoms. The quantitative estimate of drug-likeness (QED) is 0.635. The van der Waals surface area contributed by atoms with E-state index in [0.717, 1.165) is 14.7 Å². The zero-order valence-electron chi connectivity index (χ0n) is 10.4. The average Bonchev–Trinajstić information content (AvgIpc) is 2.79. The van der Waals surface area contributed by atoms with Gasteiger partial charge in [0.2, 0.25) is 0 Å². The Kier molecular flexibility index (Phi) is 4.61. The number of fused-ring (bicyclic) bond motifs is 1. The summed E-state index contributed by atoms with van der Waals surface area (Å²) >= 11 is 3.88. The summed E-state index contributed by atoms with van der Waals surface area (Å²) in [7, 11) is 0. The molecule has 2 rings (SSSR count). The minimum atomic E-state index is 0.0477. The Bertz CT molecular complexity index is 516. The summed E-state index contributed by atoms with van der Waals surface area (Å²) < 4.78 is 2.10. The maximum absolute atomic E-state index is 12.2. The molecule has 0 aliphatic heterocycles. The molecule has 1 heterocycles. The second-order valence-electron chi connectivity index (χ2n) is 4.63. The summed E-state index contributed by atoms with van der Waals surface area (Å²) in [5, 5.41) is 4.25. The van der Waals surface area contributed by atoms with E-state index in [0.29, 0.717) is 5.92 Å². The third-order valence-corrected chi connectivity index (χ3v) is 5.00. The average molecular weight is 373 g/mol. The fourth-order valence-corrected chi connectivity index (χ4v) is 3.92. The van der Waals surface area contributed by atoms with Gasteiger partial charge < -0.3 is 5.32 Å². The highest BCUT2D eigenvalue weighted by Crippen LogP contribution is 2.25. The summed E-state index contributed by atoms with van der Waals surface area (Å²) in [6.07, 6.45) is 0. The molecule has 2 nitrogen and oxygen atoms in total. The van der Waals surface area contributed by atoms with E-state index in [9.17, 15) is 4.79 Å². The van der Waals surface area contributed by atoms with E-state index in [-0.39, 0.29) is 11.9 Å². The molecular formula is C14H16INOS. The highest BCUT2D eigenvalue weighted by atomic mass is 127. The Labute approximate surface area is 125 Å². The van der Waals surface area contributed by atoms with Crippen LogP contribution in [0.2, 0.25) is 0 Å². The molecule has 0 radical (unpaired) electrons. The number of nitrogens with one attached hydrogen (secondary N) is 1. The van der Waals surface area contributed by atoms with Crippen LogP contribution in [-0.2, 0) is 0 Å². The van der Waals surface area contributed by atoms with Crippen molar-refractivity contribution in [2.45, 2.75) is 19.9 Å². The molecule has 18 heavy (non-hydrogen) atoms. The first-order chi connectivity index (χ1) is 8.61. The summed E-state index contributed by atoms with van der Waals surface area (Å²) in [6.45, 7) is 4.27. The number of benzene rings is 1. The zero-order valence-corrected chi connectivity index (χ0v) is 13.4. The first-order valence-electron chi connectivity index (χ1n) is 5.97. The Balaban J connectivity index is 2.18. The van der Waals surface area contributed by atoms with Crippen molar-refractivity contribution in [3.63, 3.8) is 0 Å². The van der Waals surface area contributed by atoms with Gasteiger partial charge in [-0.3, -0.25) is 4.79 Å². The van der Waals surface area contributed by atoms with Gasteiger partial charge in [-0.25, -0.2) is 0 Å². The fourth-order valence-electron chi connectivity index (χ4n) is 1.72. The molecule has 0 aliphatic carbocycles. The maximum atomic E-state index is 12.2. The van der Waals surface area contributed by atoms with Crippen molar-refractivity contribution in [2.75, 3.05) is 4.43 Å². The molecule has 0 bridgehead atoms. The molecule has 0 fully saturated rings. The number of alkyl halides is 1. The Morgan fingerprint density at radius 3 is 2.72 bits per heavy atom. The zero-order chi connectivity index (χ0) is 13.1. The van der Waals surface area contributed by atoms with Crippen LogP contribution in [-0.4, -0.2) is 16.4 Å². The normalized spacial score (nSPS) is 12.9. The van der Waals surface area contributed by atoms with Gasteiger partial charge in [-0.05, 0) is 23.4 Å². The molecular weight excluding hydrogens is 357 g/mol. The van der Waals surface area contributed by atoms with Crippen LogP contribution in [0.15, 0.2) is 30.3 Å². The van der Waals surface area contributed by atoms with Crippen molar-refractivity contribution in [1.82, 2.24) is 5.32 Å².